The van der Waals surface area contributed by atoms with Crippen LogP contribution < -0.4 is 9.80 Å². The van der Waals surface area contributed by atoms with E-state index in [0.29, 0.717) is 11.0 Å². The molecule has 2 bridgehead atoms. The first-order valence-electron chi connectivity index (χ1n) is 6.89. The summed E-state index contributed by atoms with van der Waals surface area (Å²) in [5.41, 5.74) is 0.434. The first kappa shape index (κ1) is 15.1. The predicted molar refractivity (Wildman–Crippen MR) is 91.3 cm³/mol. The average molecular weight is 422 g/mol. The molecule has 3 rings (SSSR count). The van der Waals surface area contributed by atoms with Gasteiger partial charge in [-0.05, 0) is 55.8 Å². The van der Waals surface area contributed by atoms with E-state index in [1.54, 1.807) is 4.90 Å². The van der Waals surface area contributed by atoms with Gasteiger partial charge in [-0.25, -0.2) is 9.78 Å². The molecular weight excluding hydrogens is 405 g/mol. The third kappa shape index (κ3) is 2.79. The summed E-state index contributed by atoms with van der Waals surface area (Å²) >= 11 is 8.31. The van der Waals surface area contributed by atoms with Crippen molar-refractivity contribution in [2.75, 3.05) is 22.9 Å². The summed E-state index contributed by atoms with van der Waals surface area (Å²) in [5.74, 6) is 0.614. The van der Waals surface area contributed by atoms with Gasteiger partial charge in [-0.2, -0.15) is 0 Å². The van der Waals surface area contributed by atoms with Gasteiger partial charge in [0, 0.05) is 13.1 Å². The second-order valence-corrected chi connectivity index (χ2v) is 7.86. The zero-order valence-electron chi connectivity index (χ0n) is 12.2. The first-order valence-corrected chi connectivity index (χ1v) is 8.35. The Morgan fingerprint density at radius 1 is 1.52 bits per heavy atom. The summed E-state index contributed by atoms with van der Waals surface area (Å²) < 4.78 is 6.43. The van der Waals surface area contributed by atoms with E-state index in [-0.39, 0.29) is 12.1 Å². The molecule has 1 aromatic rings. The number of carbonyl (C=O) groups is 1. The van der Waals surface area contributed by atoms with Crippen LogP contribution in [0.1, 0.15) is 27.2 Å². The van der Waals surface area contributed by atoms with E-state index in [9.17, 15) is 4.79 Å². The molecule has 1 fully saturated rings. The number of hydrogen-bond donors (Lipinski definition) is 0. The Morgan fingerprint density at radius 3 is 2.90 bits per heavy atom. The van der Waals surface area contributed by atoms with Crippen LogP contribution in [0, 0.1) is 3.57 Å². The molecule has 1 aromatic heterocycles. The van der Waals surface area contributed by atoms with E-state index in [4.69, 9.17) is 16.3 Å². The molecule has 2 aliphatic heterocycles. The fourth-order valence-corrected chi connectivity index (χ4v) is 3.30. The van der Waals surface area contributed by atoms with Crippen molar-refractivity contribution in [2.45, 2.75) is 38.8 Å². The Balaban J connectivity index is 2.03. The van der Waals surface area contributed by atoms with Crippen LogP contribution in [0.5, 0.6) is 0 Å². The Kier molecular flexibility index (Phi) is 3.72. The maximum Gasteiger partial charge on any atom is 0.416 e. The lowest BCUT2D eigenvalue weighted by Crippen LogP contribution is -2.48. The highest BCUT2D eigenvalue weighted by molar-refractivity contribution is 14.1. The number of anilines is 2. The monoisotopic (exact) mass is 421 g/mol. The van der Waals surface area contributed by atoms with Gasteiger partial charge in [0.15, 0.2) is 5.82 Å². The number of carbonyl (C=O) groups excluding carboxylic acids is 1. The van der Waals surface area contributed by atoms with Crippen LogP contribution in [0.25, 0.3) is 0 Å². The van der Waals surface area contributed by atoms with Gasteiger partial charge in [0.05, 0.1) is 15.3 Å². The zero-order chi connectivity index (χ0) is 15.4. The normalized spacial score (nSPS) is 20.5. The third-order valence-corrected chi connectivity index (χ3v) is 5.01. The van der Waals surface area contributed by atoms with Crippen molar-refractivity contribution in [2.24, 2.45) is 0 Å². The van der Waals surface area contributed by atoms with Crippen LogP contribution >= 0.6 is 34.2 Å². The van der Waals surface area contributed by atoms with Crippen LogP contribution in [-0.2, 0) is 4.74 Å². The van der Waals surface area contributed by atoms with Crippen LogP contribution in [0.4, 0.5) is 16.3 Å². The van der Waals surface area contributed by atoms with Crippen molar-refractivity contribution in [1.82, 2.24) is 4.98 Å². The van der Waals surface area contributed by atoms with Gasteiger partial charge in [0.25, 0.3) is 0 Å². The second kappa shape index (κ2) is 5.15. The Hall–Kier alpha value is -0.760. The van der Waals surface area contributed by atoms with E-state index in [1.165, 1.54) is 0 Å². The minimum Gasteiger partial charge on any atom is -0.443 e. The fraction of sp³-hybridized carbons (Fsp3) is 0.571. The maximum absolute atomic E-state index is 12.6. The van der Waals surface area contributed by atoms with E-state index in [0.717, 1.165) is 28.8 Å². The lowest BCUT2D eigenvalue weighted by atomic mass is 10.2. The topological polar surface area (TPSA) is 45.7 Å². The number of halogens is 2. The Bertz CT molecular complexity index is 603. The molecule has 0 aliphatic carbocycles. The summed E-state index contributed by atoms with van der Waals surface area (Å²) in [7, 11) is 0. The molecule has 1 atom stereocenters. The van der Waals surface area contributed by atoms with Crippen LogP contribution in [0.15, 0.2) is 6.07 Å². The predicted octanol–water partition coefficient (Wildman–Crippen LogP) is 3.67. The van der Waals surface area contributed by atoms with E-state index >= 15 is 0 Å². The van der Waals surface area contributed by atoms with Gasteiger partial charge in [-0.15, -0.1) is 0 Å². The molecule has 0 aromatic carbocycles. The largest absolute Gasteiger partial charge is 0.443 e. The highest BCUT2D eigenvalue weighted by Crippen LogP contribution is 2.41. The minimum absolute atomic E-state index is 0.107. The number of rotatable bonds is 0. The number of hydrogen-bond acceptors (Lipinski definition) is 4. The summed E-state index contributed by atoms with van der Waals surface area (Å²) in [6.07, 6.45) is 0.573. The van der Waals surface area contributed by atoms with Gasteiger partial charge in [0.1, 0.15) is 10.8 Å². The van der Waals surface area contributed by atoms with Crippen LogP contribution in [-0.4, -0.2) is 35.8 Å². The first-order chi connectivity index (χ1) is 9.76. The Morgan fingerprint density at radius 2 is 2.24 bits per heavy atom. The van der Waals surface area contributed by atoms with Gasteiger partial charge >= 0.3 is 6.09 Å². The molecule has 0 spiro atoms. The molecule has 1 saturated heterocycles. The van der Waals surface area contributed by atoms with E-state index in [1.807, 2.05) is 26.8 Å². The smallest absolute Gasteiger partial charge is 0.416 e. The molecule has 1 amide bonds. The fourth-order valence-electron chi connectivity index (χ4n) is 2.75. The molecule has 5 nitrogen and oxygen atoms in total. The van der Waals surface area contributed by atoms with Crippen molar-refractivity contribution in [3.05, 3.63) is 14.8 Å². The quantitative estimate of drug-likeness (QED) is 0.474. The molecule has 0 unspecified atom stereocenters. The van der Waals surface area contributed by atoms with Gasteiger partial charge in [-0.3, -0.25) is 4.90 Å². The lowest BCUT2D eigenvalue weighted by Gasteiger charge is -2.36. The minimum atomic E-state index is -0.528. The van der Waals surface area contributed by atoms with Crippen molar-refractivity contribution < 1.29 is 9.53 Å². The number of pyridine rings is 1. The molecule has 114 valence electrons. The molecule has 3 heterocycles. The molecule has 2 aliphatic rings. The SMILES string of the molecule is CC(C)(C)OC(=O)N1c2nc(Cl)c(I)cc2N2CC[C@H]1C2. The van der Waals surface area contributed by atoms with Gasteiger partial charge in [0.2, 0.25) is 0 Å². The maximum atomic E-state index is 12.6. The Labute approximate surface area is 142 Å². The molecule has 0 N–H and O–H groups in total. The lowest BCUT2D eigenvalue weighted by molar-refractivity contribution is 0.0566. The van der Waals surface area contributed by atoms with Crippen LogP contribution in [0.3, 0.4) is 0 Å². The molecular formula is C14H17ClIN3O2. The van der Waals surface area contributed by atoms with Gasteiger partial charge < -0.3 is 9.64 Å². The van der Waals surface area contributed by atoms with Gasteiger partial charge in [-0.1, -0.05) is 11.6 Å². The van der Waals surface area contributed by atoms with Crippen molar-refractivity contribution in [3.8, 4) is 0 Å². The number of nitrogens with zero attached hydrogens (tertiary/aromatic N) is 3. The summed E-state index contributed by atoms with van der Waals surface area (Å²) in [6.45, 7) is 7.35. The number of ether oxygens (including phenoxy) is 1. The molecule has 0 saturated carbocycles. The molecule has 0 radical (unpaired) electrons. The van der Waals surface area contributed by atoms with E-state index in [2.05, 4.69) is 32.5 Å². The van der Waals surface area contributed by atoms with Crippen LogP contribution in [0.2, 0.25) is 5.15 Å². The highest BCUT2D eigenvalue weighted by Gasteiger charge is 2.42. The standard InChI is InChI=1S/C14H17ClIN3O2/c1-14(2,3)21-13(20)19-8-4-5-18(7-8)10-6-9(16)11(15)17-12(10)19/h6,8H,4-5,7H2,1-3H3/t8-/m0/s1. The van der Waals surface area contributed by atoms with Crippen molar-refractivity contribution in [3.63, 3.8) is 0 Å². The summed E-state index contributed by atoms with van der Waals surface area (Å²) in [4.78, 5) is 20.9. The van der Waals surface area contributed by atoms with Crippen molar-refractivity contribution >= 4 is 51.8 Å². The summed E-state index contributed by atoms with van der Waals surface area (Å²) in [5, 5.41) is 0.422. The molecule has 21 heavy (non-hydrogen) atoms. The third-order valence-electron chi connectivity index (χ3n) is 3.58. The second-order valence-electron chi connectivity index (χ2n) is 6.34. The zero-order valence-corrected chi connectivity index (χ0v) is 15.1. The average Bonchev–Trinajstić information content (AvgIpc) is 2.75. The summed E-state index contributed by atoms with van der Waals surface area (Å²) in [6, 6.07) is 2.10. The number of amides is 1. The highest BCUT2D eigenvalue weighted by atomic mass is 127. The molecule has 7 heteroatoms. The van der Waals surface area contributed by atoms with E-state index < -0.39 is 5.60 Å². The number of fused-ring (bicyclic) bond motifs is 4. The van der Waals surface area contributed by atoms with Crippen molar-refractivity contribution in [1.29, 1.82) is 0 Å². The number of aromatic nitrogens is 1.